The average Bonchev–Trinajstić information content (AvgIpc) is 2.65. The summed E-state index contributed by atoms with van der Waals surface area (Å²) in [5, 5.41) is 3.64. The van der Waals surface area contributed by atoms with E-state index in [1.165, 1.54) is 40.6 Å². The minimum Gasteiger partial charge on any atom is -0.493 e. The fraction of sp³-hybridized carbons (Fsp3) is 0.529. The Kier molecular flexibility index (Phi) is 7.12. The lowest BCUT2D eigenvalue weighted by Gasteiger charge is -2.24. The summed E-state index contributed by atoms with van der Waals surface area (Å²) in [6, 6.07) is 3.53. The second-order valence-electron chi connectivity index (χ2n) is 5.80. The van der Waals surface area contributed by atoms with Crippen LogP contribution in [-0.4, -0.2) is 38.4 Å². The average molecular weight is 367 g/mol. The highest BCUT2D eigenvalue weighted by molar-refractivity contribution is 7.80. The standard InChI is InChI=1S/C17H25N3O4S/c1-22-13-9-11(10-14(23-2)15(13)24-3)16(21)19-20-17(25)18-12-7-5-4-6-8-12/h9-10,12H,4-8H2,1-3H3,(H,19,21)(H2,18,20,25). The van der Waals surface area contributed by atoms with Crippen molar-refractivity contribution in [2.45, 2.75) is 38.1 Å². The van der Waals surface area contributed by atoms with Gasteiger partial charge in [-0.2, -0.15) is 0 Å². The van der Waals surface area contributed by atoms with E-state index in [9.17, 15) is 4.79 Å². The summed E-state index contributed by atoms with van der Waals surface area (Å²) < 4.78 is 15.8. The Morgan fingerprint density at radius 2 is 1.60 bits per heavy atom. The number of hydrogen-bond acceptors (Lipinski definition) is 5. The maximum absolute atomic E-state index is 12.4. The minimum absolute atomic E-state index is 0.355. The van der Waals surface area contributed by atoms with Crippen LogP contribution in [0.4, 0.5) is 0 Å². The van der Waals surface area contributed by atoms with Gasteiger partial charge >= 0.3 is 0 Å². The van der Waals surface area contributed by atoms with Crippen molar-refractivity contribution in [1.82, 2.24) is 16.2 Å². The van der Waals surface area contributed by atoms with Crippen molar-refractivity contribution in [3.63, 3.8) is 0 Å². The van der Waals surface area contributed by atoms with Crippen molar-refractivity contribution in [2.24, 2.45) is 0 Å². The number of ether oxygens (including phenoxy) is 3. The van der Waals surface area contributed by atoms with Crippen molar-refractivity contribution in [1.29, 1.82) is 0 Å². The van der Waals surface area contributed by atoms with E-state index in [0.29, 0.717) is 34.0 Å². The van der Waals surface area contributed by atoms with E-state index in [0.717, 1.165) is 12.8 Å². The summed E-state index contributed by atoms with van der Waals surface area (Å²) in [4.78, 5) is 12.4. The molecule has 2 rings (SSSR count). The van der Waals surface area contributed by atoms with E-state index in [2.05, 4.69) is 16.2 Å². The van der Waals surface area contributed by atoms with Gasteiger partial charge in [0.2, 0.25) is 5.75 Å². The molecule has 1 aliphatic rings. The highest BCUT2D eigenvalue weighted by atomic mass is 32.1. The van der Waals surface area contributed by atoms with Crippen LogP contribution in [-0.2, 0) is 0 Å². The molecular formula is C17H25N3O4S. The Morgan fingerprint density at radius 1 is 1.00 bits per heavy atom. The molecule has 138 valence electrons. The van der Waals surface area contributed by atoms with Gasteiger partial charge in [0.1, 0.15) is 0 Å². The molecule has 1 fully saturated rings. The van der Waals surface area contributed by atoms with Crippen LogP contribution in [0.25, 0.3) is 0 Å². The first-order valence-corrected chi connectivity index (χ1v) is 8.66. The molecular weight excluding hydrogens is 342 g/mol. The normalized spacial score (nSPS) is 14.4. The zero-order valence-electron chi connectivity index (χ0n) is 14.8. The fourth-order valence-electron chi connectivity index (χ4n) is 2.87. The van der Waals surface area contributed by atoms with Gasteiger partial charge in [0.15, 0.2) is 16.6 Å². The van der Waals surface area contributed by atoms with Crippen LogP contribution in [0.2, 0.25) is 0 Å². The van der Waals surface area contributed by atoms with Crippen LogP contribution < -0.4 is 30.4 Å². The van der Waals surface area contributed by atoms with Crippen molar-refractivity contribution >= 4 is 23.2 Å². The number of amides is 1. The zero-order chi connectivity index (χ0) is 18.2. The number of methoxy groups -OCH3 is 3. The van der Waals surface area contributed by atoms with Crippen molar-refractivity contribution in [3.05, 3.63) is 17.7 Å². The number of rotatable bonds is 5. The molecule has 0 aromatic heterocycles. The largest absolute Gasteiger partial charge is 0.493 e. The van der Waals surface area contributed by atoms with Crippen molar-refractivity contribution < 1.29 is 19.0 Å². The summed E-state index contributed by atoms with van der Waals surface area (Å²) in [5.41, 5.74) is 5.69. The van der Waals surface area contributed by atoms with E-state index in [-0.39, 0.29) is 5.91 Å². The number of hydrogen-bond donors (Lipinski definition) is 3. The van der Waals surface area contributed by atoms with Gasteiger partial charge in [-0.3, -0.25) is 15.6 Å². The van der Waals surface area contributed by atoms with Crippen LogP contribution in [0.1, 0.15) is 42.5 Å². The first-order valence-electron chi connectivity index (χ1n) is 8.26. The number of benzene rings is 1. The lowest BCUT2D eigenvalue weighted by Crippen LogP contribution is -2.50. The molecule has 0 unspecified atom stereocenters. The minimum atomic E-state index is -0.355. The van der Waals surface area contributed by atoms with Gasteiger partial charge in [-0.25, -0.2) is 0 Å². The van der Waals surface area contributed by atoms with E-state index in [1.807, 2.05) is 0 Å². The second kappa shape index (κ2) is 9.31. The predicted molar refractivity (Wildman–Crippen MR) is 99.3 cm³/mol. The zero-order valence-corrected chi connectivity index (χ0v) is 15.6. The molecule has 1 amide bonds. The van der Waals surface area contributed by atoms with E-state index < -0.39 is 0 Å². The van der Waals surface area contributed by atoms with E-state index in [1.54, 1.807) is 12.1 Å². The number of hydrazine groups is 1. The molecule has 0 bridgehead atoms. The first kappa shape index (κ1) is 19.1. The predicted octanol–water partition coefficient (Wildman–Crippen LogP) is 2.15. The maximum atomic E-state index is 12.4. The molecule has 0 saturated heterocycles. The number of nitrogens with one attached hydrogen (secondary N) is 3. The molecule has 3 N–H and O–H groups in total. The highest BCUT2D eigenvalue weighted by Crippen LogP contribution is 2.38. The van der Waals surface area contributed by atoms with Crippen LogP contribution in [0, 0.1) is 0 Å². The lowest BCUT2D eigenvalue weighted by atomic mass is 9.96. The molecule has 1 aliphatic carbocycles. The Hall–Kier alpha value is -2.22. The molecule has 0 aliphatic heterocycles. The molecule has 25 heavy (non-hydrogen) atoms. The molecule has 7 nitrogen and oxygen atoms in total. The van der Waals surface area contributed by atoms with E-state index in [4.69, 9.17) is 26.4 Å². The van der Waals surface area contributed by atoms with Crippen LogP contribution >= 0.6 is 12.2 Å². The second-order valence-corrected chi connectivity index (χ2v) is 6.21. The molecule has 1 aromatic carbocycles. The van der Waals surface area contributed by atoms with Gasteiger partial charge in [0.25, 0.3) is 5.91 Å². The SMILES string of the molecule is COc1cc(C(=O)NNC(=S)NC2CCCCC2)cc(OC)c1OC. The molecule has 0 spiro atoms. The van der Waals surface area contributed by atoms with E-state index >= 15 is 0 Å². The number of carbonyl (C=O) groups is 1. The third-order valence-corrected chi connectivity index (χ3v) is 4.38. The van der Waals surface area contributed by atoms with Crippen LogP contribution in [0.15, 0.2) is 12.1 Å². The Labute approximate surface area is 153 Å². The van der Waals surface area contributed by atoms with Gasteiger partial charge in [-0.1, -0.05) is 19.3 Å². The number of thiocarbonyl (C=S) groups is 1. The Morgan fingerprint density at radius 3 is 2.12 bits per heavy atom. The van der Waals surface area contributed by atoms with Crippen LogP contribution in [0.5, 0.6) is 17.2 Å². The van der Waals surface area contributed by atoms with Gasteiger partial charge in [-0.05, 0) is 37.2 Å². The third-order valence-electron chi connectivity index (χ3n) is 4.16. The molecule has 0 heterocycles. The summed E-state index contributed by atoms with van der Waals surface area (Å²) in [5.74, 6) is 0.904. The summed E-state index contributed by atoms with van der Waals surface area (Å²) in [7, 11) is 4.51. The van der Waals surface area contributed by atoms with Crippen molar-refractivity contribution in [3.8, 4) is 17.2 Å². The molecule has 0 radical (unpaired) electrons. The lowest BCUT2D eigenvalue weighted by molar-refractivity contribution is 0.0942. The van der Waals surface area contributed by atoms with Crippen LogP contribution in [0.3, 0.4) is 0 Å². The summed E-state index contributed by atoms with van der Waals surface area (Å²) in [6.07, 6.45) is 5.89. The van der Waals surface area contributed by atoms with Crippen molar-refractivity contribution in [2.75, 3.05) is 21.3 Å². The molecule has 1 aromatic rings. The maximum Gasteiger partial charge on any atom is 0.269 e. The smallest absolute Gasteiger partial charge is 0.269 e. The van der Waals surface area contributed by atoms with Gasteiger partial charge in [-0.15, -0.1) is 0 Å². The topological polar surface area (TPSA) is 80.9 Å². The monoisotopic (exact) mass is 367 g/mol. The van der Waals surface area contributed by atoms with Gasteiger partial charge in [0, 0.05) is 11.6 Å². The Bertz CT molecular complexity index is 593. The Balaban J connectivity index is 1.96. The first-order chi connectivity index (χ1) is 12.1. The third kappa shape index (κ3) is 5.12. The molecule has 8 heteroatoms. The molecule has 0 atom stereocenters. The van der Waals surface area contributed by atoms with Gasteiger partial charge < -0.3 is 19.5 Å². The molecule has 1 saturated carbocycles. The quantitative estimate of drug-likeness (QED) is 0.543. The number of carbonyl (C=O) groups excluding carboxylic acids is 1. The summed E-state index contributed by atoms with van der Waals surface area (Å²) >= 11 is 5.23. The fourth-order valence-corrected chi connectivity index (χ4v) is 3.08. The van der Waals surface area contributed by atoms with Gasteiger partial charge in [0.05, 0.1) is 21.3 Å². The highest BCUT2D eigenvalue weighted by Gasteiger charge is 2.18. The summed E-state index contributed by atoms with van der Waals surface area (Å²) in [6.45, 7) is 0.